The molecule has 4 aromatic heterocycles. The third kappa shape index (κ3) is 6.05. The van der Waals surface area contributed by atoms with E-state index in [1.54, 1.807) is 0 Å². The van der Waals surface area contributed by atoms with Crippen LogP contribution in [0.1, 0.15) is 0 Å². The van der Waals surface area contributed by atoms with Crippen molar-refractivity contribution < 1.29 is 9.31 Å². The Hall–Kier alpha value is -8.94. The first-order valence-electron chi connectivity index (χ1n) is 22.6. The molecule has 14 rings (SSSR count). The lowest BCUT2D eigenvalue weighted by Gasteiger charge is -2.15. The van der Waals surface area contributed by atoms with Gasteiger partial charge < -0.3 is 29.2 Å². The van der Waals surface area contributed by atoms with E-state index in [2.05, 4.69) is 226 Å². The minimum Gasteiger partial charge on any atom is -0.526 e. The van der Waals surface area contributed by atoms with Crippen LogP contribution in [0.5, 0.6) is 11.5 Å². The highest BCUT2D eigenvalue weighted by molar-refractivity contribution is 6.21. The molecule has 14 aromatic rings. The van der Waals surface area contributed by atoms with E-state index < -0.39 is 0 Å². The molecule has 0 saturated carbocycles. The summed E-state index contributed by atoms with van der Waals surface area (Å²) < 4.78 is 13.2. The second kappa shape index (κ2) is 14.8. The molecule has 67 heavy (non-hydrogen) atoms. The summed E-state index contributed by atoms with van der Waals surface area (Å²) in [6.07, 6.45) is 0. The molecule has 0 amide bonds. The summed E-state index contributed by atoms with van der Waals surface area (Å²) in [4.78, 5) is 14.9. The molecule has 1 radical (unpaired) electrons. The van der Waals surface area contributed by atoms with Gasteiger partial charge in [-0.25, -0.2) is 0 Å². The SMILES string of the molecule is [B](Oc1cc(-c2cccc3c2[nH]c2ccccc23)cc(-c2cccc3c2[nH]c2ccccc23)c1)Oc1cc(-c2cccc3c2[nH]c2ccccc23)cc(-c2cccc3c2[nH]c2ccccc23)c1. The van der Waals surface area contributed by atoms with Gasteiger partial charge in [0.2, 0.25) is 0 Å². The molecule has 7 heteroatoms. The van der Waals surface area contributed by atoms with Crippen LogP contribution in [0.3, 0.4) is 0 Å². The van der Waals surface area contributed by atoms with E-state index in [1.165, 1.54) is 50.8 Å². The molecule has 10 aromatic carbocycles. The molecule has 0 atom stereocenters. The number of rotatable bonds is 8. The van der Waals surface area contributed by atoms with Crippen molar-refractivity contribution in [2.45, 2.75) is 0 Å². The summed E-state index contributed by atoms with van der Waals surface area (Å²) in [5.41, 5.74) is 17.1. The average molecular weight is 858 g/mol. The molecule has 0 aliphatic rings. The first-order valence-corrected chi connectivity index (χ1v) is 22.6. The fourth-order valence-electron chi connectivity index (χ4n) is 10.5. The fourth-order valence-corrected chi connectivity index (χ4v) is 10.5. The molecule has 0 aliphatic carbocycles. The van der Waals surface area contributed by atoms with E-state index in [4.69, 9.17) is 9.31 Å². The molecule has 0 aliphatic heterocycles. The minimum absolute atomic E-state index is 0.649. The third-order valence-electron chi connectivity index (χ3n) is 13.6. The summed E-state index contributed by atoms with van der Waals surface area (Å²) >= 11 is 0. The maximum atomic E-state index is 6.61. The van der Waals surface area contributed by atoms with E-state index in [0.717, 1.165) is 88.6 Å². The number of fused-ring (bicyclic) bond motifs is 12. The highest BCUT2D eigenvalue weighted by Crippen LogP contribution is 2.42. The van der Waals surface area contributed by atoms with Crippen LogP contribution in [-0.2, 0) is 0 Å². The summed E-state index contributed by atoms with van der Waals surface area (Å²) in [7, 11) is 1.46. The van der Waals surface area contributed by atoms with Gasteiger partial charge in [-0.3, -0.25) is 0 Å². The lowest BCUT2D eigenvalue weighted by molar-refractivity contribution is 0.459. The quantitative estimate of drug-likeness (QED) is 0.115. The topological polar surface area (TPSA) is 81.6 Å². The molecular formula is C60H38BN4O2. The van der Waals surface area contributed by atoms with E-state index in [0.29, 0.717) is 11.5 Å². The summed E-state index contributed by atoms with van der Waals surface area (Å²) in [6, 6.07) is 72.8. The Balaban J connectivity index is 0.893. The lowest BCUT2D eigenvalue weighted by Crippen LogP contribution is -2.11. The smallest absolute Gasteiger partial charge is 0.526 e. The second-order valence-electron chi connectivity index (χ2n) is 17.4. The van der Waals surface area contributed by atoms with Crippen LogP contribution < -0.4 is 9.31 Å². The molecule has 0 spiro atoms. The number of aromatic nitrogens is 4. The zero-order chi connectivity index (χ0) is 44.0. The predicted octanol–water partition coefficient (Wildman–Crippen LogP) is 15.9. The Morgan fingerprint density at radius 2 is 0.507 bits per heavy atom. The van der Waals surface area contributed by atoms with Crippen LogP contribution >= 0.6 is 0 Å². The van der Waals surface area contributed by atoms with Gasteiger partial charge in [0.1, 0.15) is 11.5 Å². The monoisotopic (exact) mass is 857 g/mol. The van der Waals surface area contributed by atoms with Crippen LogP contribution in [-0.4, -0.2) is 27.6 Å². The van der Waals surface area contributed by atoms with Gasteiger partial charge in [0, 0.05) is 87.4 Å². The molecule has 313 valence electrons. The number of H-pyrrole nitrogens is 4. The number of hydrogen-bond donors (Lipinski definition) is 4. The zero-order valence-corrected chi connectivity index (χ0v) is 36.0. The molecule has 0 fully saturated rings. The number of para-hydroxylation sites is 8. The van der Waals surface area contributed by atoms with E-state index in [9.17, 15) is 0 Å². The standard InChI is InChI=1S/C60H38BN4O2/c1-5-25-53-45(13-1)49-21-9-17-41(57(49)62-53)35-29-36(42-18-10-22-50-46-14-2-6-26-54(46)63-58(42)50)32-39(31-35)66-61-67-40-33-37(43-19-11-23-51-47-15-3-7-27-55(47)64-59(43)51)30-38(34-40)44-20-12-24-52-48-16-4-8-28-56(48)65-60(44)52/h1-34,62-65H. The maximum absolute atomic E-state index is 6.61. The van der Waals surface area contributed by atoms with Crippen molar-refractivity contribution in [2.75, 3.05) is 0 Å². The maximum Gasteiger partial charge on any atom is 0.658 e. The van der Waals surface area contributed by atoms with Crippen LogP contribution in [0.2, 0.25) is 0 Å². The highest BCUT2D eigenvalue weighted by atomic mass is 16.6. The number of hydrogen-bond acceptors (Lipinski definition) is 2. The predicted molar refractivity (Wildman–Crippen MR) is 279 cm³/mol. The van der Waals surface area contributed by atoms with Crippen LogP contribution in [0.4, 0.5) is 0 Å². The number of benzene rings is 10. The number of nitrogens with one attached hydrogen (secondary N) is 4. The minimum atomic E-state index is 0.649. The van der Waals surface area contributed by atoms with Crippen molar-refractivity contribution in [1.82, 2.24) is 19.9 Å². The zero-order valence-electron chi connectivity index (χ0n) is 36.0. The van der Waals surface area contributed by atoms with E-state index in [1.807, 2.05) is 0 Å². The highest BCUT2D eigenvalue weighted by Gasteiger charge is 2.19. The van der Waals surface area contributed by atoms with Crippen LogP contribution in [0, 0.1) is 0 Å². The largest absolute Gasteiger partial charge is 0.658 e. The Kier molecular flexibility index (Phi) is 8.27. The molecule has 0 bridgehead atoms. The van der Waals surface area contributed by atoms with Gasteiger partial charge >= 0.3 is 7.69 Å². The first kappa shape index (κ1) is 37.4. The summed E-state index contributed by atoms with van der Waals surface area (Å²) in [5.74, 6) is 1.30. The summed E-state index contributed by atoms with van der Waals surface area (Å²) in [6.45, 7) is 0. The summed E-state index contributed by atoms with van der Waals surface area (Å²) in [5, 5.41) is 9.48. The number of aromatic amines is 4. The molecule has 0 unspecified atom stereocenters. The van der Waals surface area contributed by atoms with Crippen molar-refractivity contribution in [3.63, 3.8) is 0 Å². The van der Waals surface area contributed by atoms with Gasteiger partial charge in [-0.15, -0.1) is 0 Å². The van der Waals surface area contributed by atoms with Crippen molar-refractivity contribution in [3.8, 4) is 56.0 Å². The van der Waals surface area contributed by atoms with Crippen LogP contribution in [0.25, 0.3) is 132 Å². The fraction of sp³-hybridized carbons (Fsp3) is 0. The third-order valence-corrected chi connectivity index (χ3v) is 13.6. The van der Waals surface area contributed by atoms with Gasteiger partial charge in [-0.2, -0.15) is 0 Å². The van der Waals surface area contributed by atoms with Gasteiger partial charge in [-0.1, -0.05) is 146 Å². The van der Waals surface area contributed by atoms with E-state index >= 15 is 0 Å². The normalized spacial score (nSPS) is 11.9. The average Bonchev–Trinajstić information content (AvgIpc) is 4.16. The van der Waals surface area contributed by atoms with Crippen LogP contribution in [0.15, 0.2) is 206 Å². The Morgan fingerprint density at radius 1 is 0.254 bits per heavy atom. The van der Waals surface area contributed by atoms with Gasteiger partial charge in [0.25, 0.3) is 0 Å². The Morgan fingerprint density at radius 3 is 0.791 bits per heavy atom. The van der Waals surface area contributed by atoms with Gasteiger partial charge in [0.05, 0.1) is 22.1 Å². The van der Waals surface area contributed by atoms with Gasteiger partial charge in [-0.05, 0) is 82.9 Å². The molecule has 4 N–H and O–H groups in total. The van der Waals surface area contributed by atoms with E-state index in [-0.39, 0.29) is 0 Å². The second-order valence-corrected chi connectivity index (χ2v) is 17.4. The molecule has 6 nitrogen and oxygen atoms in total. The molecule has 4 heterocycles. The van der Waals surface area contributed by atoms with Crippen molar-refractivity contribution in [1.29, 1.82) is 0 Å². The van der Waals surface area contributed by atoms with Crippen molar-refractivity contribution >= 4 is 94.9 Å². The lowest BCUT2D eigenvalue weighted by atomic mass is 9.95. The van der Waals surface area contributed by atoms with Crippen molar-refractivity contribution in [2.24, 2.45) is 0 Å². The van der Waals surface area contributed by atoms with Crippen molar-refractivity contribution in [3.05, 3.63) is 206 Å². The van der Waals surface area contributed by atoms with Gasteiger partial charge in [0.15, 0.2) is 0 Å². The molecular weight excluding hydrogens is 819 g/mol. The first-order chi connectivity index (χ1) is 33.2. The Labute approximate surface area is 384 Å². The molecule has 0 saturated heterocycles. The Bertz CT molecular complexity index is 3750.